The van der Waals surface area contributed by atoms with Gasteiger partial charge in [-0.05, 0) is 54.8 Å². The van der Waals surface area contributed by atoms with Gasteiger partial charge in [-0.15, -0.1) is 0 Å². The fourth-order valence-corrected chi connectivity index (χ4v) is 2.61. The molecular weight excluding hydrogens is 326 g/mol. The van der Waals surface area contributed by atoms with Crippen molar-refractivity contribution in [3.8, 4) is 5.75 Å². The zero-order valence-electron chi connectivity index (χ0n) is 12.6. The van der Waals surface area contributed by atoms with Crippen molar-refractivity contribution in [3.63, 3.8) is 0 Å². The Morgan fingerprint density at radius 2 is 1.90 bits per heavy atom. The van der Waals surface area contributed by atoms with Crippen LogP contribution in [-0.2, 0) is 6.42 Å². The van der Waals surface area contributed by atoms with Crippen molar-refractivity contribution in [2.75, 3.05) is 13.7 Å². The molecule has 0 amide bonds. The smallest absolute Gasteiger partial charge is 0.119 e. The maximum Gasteiger partial charge on any atom is 0.119 e. The van der Waals surface area contributed by atoms with E-state index in [2.05, 4.69) is 70.6 Å². The number of hydrogen-bond acceptors (Lipinski definition) is 2. The zero-order valence-corrected chi connectivity index (χ0v) is 14.2. The topological polar surface area (TPSA) is 21.3 Å². The van der Waals surface area contributed by atoms with Crippen LogP contribution < -0.4 is 10.1 Å². The van der Waals surface area contributed by atoms with Gasteiger partial charge in [-0.2, -0.15) is 0 Å². The molecule has 0 aliphatic heterocycles. The summed E-state index contributed by atoms with van der Waals surface area (Å²) in [4.78, 5) is 0. The van der Waals surface area contributed by atoms with Gasteiger partial charge in [0.25, 0.3) is 0 Å². The van der Waals surface area contributed by atoms with Crippen LogP contribution in [0.2, 0.25) is 0 Å². The van der Waals surface area contributed by atoms with Gasteiger partial charge < -0.3 is 10.1 Å². The Labute approximate surface area is 135 Å². The van der Waals surface area contributed by atoms with E-state index in [0.717, 1.165) is 29.6 Å². The van der Waals surface area contributed by atoms with E-state index in [1.807, 2.05) is 6.07 Å². The van der Waals surface area contributed by atoms with Crippen molar-refractivity contribution < 1.29 is 4.74 Å². The number of methoxy groups -OCH3 is 1. The number of rotatable bonds is 7. The van der Waals surface area contributed by atoms with Gasteiger partial charge in [-0.3, -0.25) is 0 Å². The number of hydrogen-bond donors (Lipinski definition) is 1. The van der Waals surface area contributed by atoms with Crippen LogP contribution in [0.1, 0.15) is 30.5 Å². The fraction of sp³-hybridized carbons (Fsp3) is 0.333. The lowest BCUT2D eigenvalue weighted by atomic mass is 9.98. The van der Waals surface area contributed by atoms with E-state index in [4.69, 9.17) is 4.74 Å². The maximum absolute atomic E-state index is 5.34. The molecule has 2 aromatic rings. The minimum atomic E-state index is 0.307. The molecule has 1 unspecified atom stereocenters. The minimum Gasteiger partial charge on any atom is -0.497 e. The first kappa shape index (κ1) is 16.1. The summed E-state index contributed by atoms with van der Waals surface area (Å²) in [6.07, 6.45) is 2.10. The van der Waals surface area contributed by atoms with E-state index in [1.54, 1.807) is 7.11 Å². The Hall–Kier alpha value is -1.32. The van der Waals surface area contributed by atoms with Crippen LogP contribution in [0.4, 0.5) is 0 Å². The molecule has 0 bridgehead atoms. The summed E-state index contributed by atoms with van der Waals surface area (Å²) in [5, 5.41) is 3.63. The van der Waals surface area contributed by atoms with E-state index in [9.17, 15) is 0 Å². The molecule has 0 saturated heterocycles. The Kier molecular flexibility index (Phi) is 6.27. The molecule has 0 radical (unpaired) electrons. The van der Waals surface area contributed by atoms with Crippen LogP contribution in [0, 0.1) is 0 Å². The lowest BCUT2D eigenvalue weighted by Gasteiger charge is -2.20. The van der Waals surface area contributed by atoms with E-state index in [1.165, 1.54) is 11.1 Å². The van der Waals surface area contributed by atoms with Crippen LogP contribution in [0.25, 0.3) is 0 Å². The third kappa shape index (κ3) is 4.87. The molecule has 112 valence electrons. The first-order valence-corrected chi connectivity index (χ1v) is 8.14. The standard InChI is InChI=1S/C18H22BrNO/c1-3-11-20-18(12-14-7-9-16(19)10-8-14)15-5-4-6-17(13-15)21-2/h4-10,13,18,20H,3,11-12H2,1-2H3. The second kappa shape index (κ2) is 8.20. The van der Waals surface area contributed by atoms with Gasteiger partial charge in [0.15, 0.2) is 0 Å². The second-order valence-electron chi connectivity index (χ2n) is 5.11. The van der Waals surface area contributed by atoms with Crippen molar-refractivity contribution in [3.05, 3.63) is 64.1 Å². The van der Waals surface area contributed by atoms with E-state index >= 15 is 0 Å². The second-order valence-corrected chi connectivity index (χ2v) is 6.03. The molecule has 3 heteroatoms. The molecule has 21 heavy (non-hydrogen) atoms. The van der Waals surface area contributed by atoms with Gasteiger partial charge in [0.05, 0.1) is 7.11 Å². The molecule has 1 N–H and O–H groups in total. The van der Waals surface area contributed by atoms with Crippen molar-refractivity contribution >= 4 is 15.9 Å². The number of nitrogens with one attached hydrogen (secondary N) is 1. The summed E-state index contributed by atoms with van der Waals surface area (Å²) in [6.45, 7) is 3.20. The van der Waals surface area contributed by atoms with Crippen molar-refractivity contribution in [2.24, 2.45) is 0 Å². The molecule has 0 aliphatic rings. The summed E-state index contributed by atoms with van der Waals surface area (Å²) < 4.78 is 6.46. The molecule has 0 aliphatic carbocycles. The van der Waals surface area contributed by atoms with Gasteiger partial charge in [0, 0.05) is 10.5 Å². The number of benzene rings is 2. The highest BCUT2D eigenvalue weighted by atomic mass is 79.9. The van der Waals surface area contributed by atoms with Crippen LogP contribution in [0.5, 0.6) is 5.75 Å². The third-order valence-electron chi connectivity index (χ3n) is 3.49. The molecule has 2 rings (SSSR count). The normalized spacial score (nSPS) is 12.1. The summed E-state index contributed by atoms with van der Waals surface area (Å²) in [7, 11) is 1.71. The summed E-state index contributed by atoms with van der Waals surface area (Å²) in [6, 6.07) is 17.2. The molecule has 0 saturated carbocycles. The molecule has 2 nitrogen and oxygen atoms in total. The van der Waals surface area contributed by atoms with Crippen molar-refractivity contribution in [1.29, 1.82) is 0 Å². The van der Waals surface area contributed by atoms with Crippen LogP contribution in [0.3, 0.4) is 0 Å². The molecule has 0 aromatic heterocycles. The fourth-order valence-electron chi connectivity index (χ4n) is 2.34. The SMILES string of the molecule is CCCNC(Cc1ccc(Br)cc1)c1cccc(OC)c1. The molecular formula is C18H22BrNO. The van der Waals surface area contributed by atoms with Crippen molar-refractivity contribution in [2.45, 2.75) is 25.8 Å². The minimum absolute atomic E-state index is 0.307. The van der Waals surface area contributed by atoms with E-state index in [0.29, 0.717) is 6.04 Å². The average Bonchev–Trinajstić information content (AvgIpc) is 2.53. The Morgan fingerprint density at radius 1 is 1.14 bits per heavy atom. The summed E-state index contributed by atoms with van der Waals surface area (Å²) in [5.74, 6) is 0.909. The van der Waals surface area contributed by atoms with Crippen molar-refractivity contribution in [1.82, 2.24) is 5.32 Å². The monoisotopic (exact) mass is 347 g/mol. The predicted octanol–water partition coefficient (Wildman–Crippen LogP) is 4.74. The van der Waals surface area contributed by atoms with E-state index in [-0.39, 0.29) is 0 Å². The highest BCUT2D eigenvalue weighted by Crippen LogP contribution is 2.23. The first-order chi connectivity index (χ1) is 10.2. The lowest BCUT2D eigenvalue weighted by Crippen LogP contribution is -2.24. The van der Waals surface area contributed by atoms with Gasteiger partial charge in [-0.25, -0.2) is 0 Å². The Bertz CT molecular complexity index is 553. The van der Waals surface area contributed by atoms with E-state index < -0.39 is 0 Å². The average molecular weight is 348 g/mol. The van der Waals surface area contributed by atoms with Crippen LogP contribution >= 0.6 is 15.9 Å². The molecule has 0 heterocycles. The largest absolute Gasteiger partial charge is 0.497 e. The highest BCUT2D eigenvalue weighted by Gasteiger charge is 2.12. The molecule has 1 atom stereocenters. The third-order valence-corrected chi connectivity index (χ3v) is 4.02. The highest BCUT2D eigenvalue weighted by molar-refractivity contribution is 9.10. The molecule has 0 fully saturated rings. The lowest BCUT2D eigenvalue weighted by molar-refractivity contribution is 0.412. The van der Waals surface area contributed by atoms with Gasteiger partial charge in [-0.1, -0.05) is 47.1 Å². The number of ether oxygens (including phenoxy) is 1. The maximum atomic E-state index is 5.34. The summed E-state index contributed by atoms with van der Waals surface area (Å²) >= 11 is 3.49. The first-order valence-electron chi connectivity index (χ1n) is 7.34. The summed E-state index contributed by atoms with van der Waals surface area (Å²) in [5.41, 5.74) is 2.60. The van der Waals surface area contributed by atoms with Crippen LogP contribution in [0.15, 0.2) is 53.0 Å². The Balaban J connectivity index is 2.18. The Morgan fingerprint density at radius 3 is 2.57 bits per heavy atom. The van der Waals surface area contributed by atoms with Crippen LogP contribution in [-0.4, -0.2) is 13.7 Å². The predicted molar refractivity (Wildman–Crippen MR) is 91.9 cm³/mol. The zero-order chi connectivity index (χ0) is 15.1. The number of halogens is 1. The quantitative estimate of drug-likeness (QED) is 0.780. The van der Waals surface area contributed by atoms with Gasteiger partial charge in [0.2, 0.25) is 0 Å². The van der Waals surface area contributed by atoms with Gasteiger partial charge in [0.1, 0.15) is 5.75 Å². The van der Waals surface area contributed by atoms with Gasteiger partial charge >= 0.3 is 0 Å². The molecule has 2 aromatic carbocycles. The molecule has 0 spiro atoms.